The Morgan fingerprint density at radius 1 is 1.50 bits per heavy atom. The molecule has 0 saturated carbocycles. The highest BCUT2D eigenvalue weighted by molar-refractivity contribution is 5.67. The minimum absolute atomic E-state index is 0.286. The Hall–Kier alpha value is -1.63. The van der Waals surface area contributed by atoms with Crippen LogP contribution in [0.25, 0.3) is 0 Å². The van der Waals surface area contributed by atoms with E-state index in [9.17, 15) is 4.79 Å². The second-order valence-corrected chi connectivity index (χ2v) is 5.82. The van der Waals surface area contributed by atoms with Crippen LogP contribution in [0.15, 0.2) is 6.20 Å². The molecule has 0 atom stereocenters. The minimum Gasteiger partial charge on any atom is -0.444 e. The van der Waals surface area contributed by atoms with Crippen molar-refractivity contribution in [3.63, 3.8) is 0 Å². The molecule has 1 rings (SSSR count). The van der Waals surface area contributed by atoms with Gasteiger partial charge in [-0.25, -0.2) is 4.79 Å². The fourth-order valence-electron chi connectivity index (χ4n) is 1.57. The maximum atomic E-state index is 11.7. The van der Waals surface area contributed by atoms with E-state index < -0.39 is 5.60 Å². The van der Waals surface area contributed by atoms with Crippen LogP contribution in [0.1, 0.15) is 32.9 Å². The molecule has 0 aliphatic carbocycles. The number of aryl methyl sites for hydroxylation is 1. The molecular formula is C13H25N5O2. The molecule has 0 aliphatic rings. The number of nitrogens with zero attached hydrogens (tertiary/aromatic N) is 4. The number of nitrogens with one attached hydrogen (secondary N) is 1. The van der Waals surface area contributed by atoms with Crippen molar-refractivity contribution in [3.05, 3.63) is 11.9 Å². The summed E-state index contributed by atoms with van der Waals surface area (Å²) in [5.41, 5.74) is 0.461. The molecule has 0 saturated heterocycles. The summed E-state index contributed by atoms with van der Waals surface area (Å²) >= 11 is 0. The van der Waals surface area contributed by atoms with E-state index in [1.54, 1.807) is 16.6 Å². The molecule has 0 bridgehead atoms. The van der Waals surface area contributed by atoms with Gasteiger partial charge in [-0.1, -0.05) is 5.21 Å². The van der Waals surface area contributed by atoms with Crippen molar-refractivity contribution in [1.29, 1.82) is 0 Å². The first-order valence-electron chi connectivity index (χ1n) is 6.78. The van der Waals surface area contributed by atoms with E-state index in [0.717, 1.165) is 18.7 Å². The monoisotopic (exact) mass is 283 g/mol. The van der Waals surface area contributed by atoms with E-state index in [4.69, 9.17) is 4.74 Å². The molecule has 0 aliphatic heterocycles. The van der Waals surface area contributed by atoms with E-state index in [2.05, 4.69) is 15.6 Å². The lowest BCUT2D eigenvalue weighted by Crippen LogP contribution is -2.35. The Morgan fingerprint density at radius 3 is 2.75 bits per heavy atom. The maximum absolute atomic E-state index is 11.7. The Morgan fingerprint density at radius 2 is 2.20 bits per heavy atom. The SMILES string of the molecule is CN(CCCNCc1cn(C)nn1)C(=O)OC(C)(C)C. The smallest absolute Gasteiger partial charge is 0.410 e. The highest BCUT2D eigenvalue weighted by Crippen LogP contribution is 2.09. The van der Waals surface area contributed by atoms with Crippen LogP contribution in [0.3, 0.4) is 0 Å². The lowest BCUT2D eigenvalue weighted by atomic mass is 10.2. The van der Waals surface area contributed by atoms with E-state index in [1.807, 2.05) is 34.0 Å². The number of carbonyl (C=O) groups excluding carboxylic acids is 1. The van der Waals surface area contributed by atoms with Gasteiger partial charge in [-0.3, -0.25) is 4.68 Å². The zero-order valence-electron chi connectivity index (χ0n) is 13.0. The van der Waals surface area contributed by atoms with Crippen LogP contribution in [0.5, 0.6) is 0 Å². The van der Waals surface area contributed by atoms with Gasteiger partial charge in [0.15, 0.2) is 0 Å². The summed E-state index contributed by atoms with van der Waals surface area (Å²) in [6.07, 6.45) is 2.45. The largest absolute Gasteiger partial charge is 0.444 e. The molecule has 20 heavy (non-hydrogen) atoms. The van der Waals surface area contributed by atoms with Gasteiger partial charge >= 0.3 is 6.09 Å². The minimum atomic E-state index is -0.449. The number of hydrogen-bond acceptors (Lipinski definition) is 5. The van der Waals surface area contributed by atoms with E-state index in [0.29, 0.717) is 13.1 Å². The van der Waals surface area contributed by atoms with Crippen molar-refractivity contribution < 1.29 is 9.53 Å². The van der Waals surface area contributed by atoms with Gasteiger partial charge in [0, 0.05) is 33.4 Å². The second-order valence-electron chi connectivity index (χ2n) is 5.82. The predicted molar refractivity (Wildman–Crippen MR) is 76.2 cm³/mol. The standard InChI is InChI=1S/C13H25N5O2/c1-13(2,3)20-12(19)17(4)8-6-7-14-9-11-10-18(5)16-15-11/h10,14H,6-9H2,1-5H3. The average molecular weight is 283 g/mol. The number of aromatic nitrogens is 3. The van der Waals surface area contributed by atoms with E-state index in [-0.39, 0.29) is 6.09 Å². The van der Waals surface area contributed by atoms with Crippen LogP contribution < -0.4 is 5.32 Å². The number of ether oxygens (including phenoxy) is 1. The van der Waals surface area contributed by atoms with Crippen molar-refractivity contribution in [2.45, 2.75) is 39.3 Å². The van der Waals surface area contributed by atoms with Crippen LogP contribution in [0, 0.1) is 0 Å². The van der Waals surface area contributed by atoms with Crippen LogP contribution in [0.2, 0.25) is 0 Å². The number of hydrogen-bond donors (Lipinski definition) is 1. The first-order valence-corrected chi connectivity index (χ1v) is 6.78. The van der Waals surface area contributed by atoms with Crippen molar-refractivity contribution in [2.24, 2.45) is 7.05 Å². The highest BCUT2D eigenvalue weighted by Gasteiger charge is 2.18. The zero-order valence-corrected chi connectivity index (χ0v) is 13.0. The van der Waals surface area contributed by atoms with Gasteiger partial charge in [0.1, 0.15) is 5.60 Å². The molecule has 0 unspecified atom stereocenters. The Balaban J connectivity index is 2.13. The summed E-state index contributed by atoms with van der Waals surface area (Å²) in [7, 11) is 3.59. The normalized spacial score (nSPS) is 11.4. The summed E-state index contributed by atoms with van der Waals surface area (Å²) in [5, 5.41) is 11.1. The molecule has 0 fully saturated rings. The van der Waals surface area contributed by atoms with Crippen LogP contribution in [-0.2, 0) is 18.3 Å². The zero-order chi connectivity index (χ0) is 15.2. The van der Waals surface area contributed by atoms with Gasteiger partial charge in [-0.2, -0.15) is 0 Å². The average Bonchev–Trinajstić information content (AvgIpc) is 2.72. The quantitative estimate of drug-likeness (QED) is 0.793. The Labute approximate surface area is 120 Å². The summed E-state index contributed by atoms with van der Waals surface area (Å²) in [6, 6.07) is 0. The lowest BCUT2D eigenvalue weighted by molar-refractivity contribution is 0.0297. The predicted octanol–water partition coefficient (Wildman–Crippen LogP) is 1.16. The molecular weight excluding hydrogens is 258 g/mol. The lowest BCUT2D eigenvalue weighted by Gasteiger charge is -2.24. The molecule has 1 heterocycles. The van der Waals surface area contributed by atoms with Gasteiger partial charge in [0.25, 0.3) is 0 Å². The molecule has 1 aromatic heterocycles. The fraction of sp³-hybridized carbons (Fsp3) is 0.769. The topological polar surface area (TPSA) is 72.3 Å². The fourth-order valence-corrected chi connectivity index (χ4v) is 1.57. The number of carbonyl (C=O) groups is 1. The van der Waals surface area contributed by atoms with E-state index >= 15 is 0 Å². The molecule has 0 spiro atoms. The maximum Gasteiger partial charge on any atom is 0.410 e. The highest BCUT2D eigenvalue weighted by atomic mass is 16.6. The molecule has 1 amide bonds. The van der Waals surface area contributed by atoms with Crippen LogP contribution in [-0.4, -0.2) is 51.7 Å². The molecule has 7 heteroatoms. The molecule has 1 N–H and O–H groups in total. The van der Waals surface area contributed by atoms with Crippen molar-refractivity contribution in [1.82, 2.24) is 25.2 Å². The van der Waals surface area contributed by atoms with Crippen molar-refractivity contribution in [2.75, 3.05) is 20.1 Å². The first kappa shape index (κ1) is 16.4. The van der Waals surface area contributed by atoms with Crippen molar-refractivity contribution in [3.8, 4) is 0 Å². The van der Waals surface area contributed by atoms with Crippen molar-refractivity contribution >= 4 is 6.09 Å². The molecule has 0 radical (unpaired) electrons. The van der Waals surface area contributed by atoms with Crippen LogP contribution in [0.4, 0.5) is 4.79 Å². The Kier molecular flexibility index (Phi) is 5.94. The number of rotatable bonds is 6. The summed E-state index contributed by atoms with van der Waals surface area (Å²) in [5.74, 6) is 0. The van der Waals surface area contributed by atoms with E-state index in [1.165, 1.54) is 0 Å². The van der Waals surface area contributed by atoms with Gasteiger partial charge in [-0.05, 0) is 33.7 Å². The molecule has 7 nitrogen and oxygen atoms in total. The summed E-state index contributed by atoms with van der Waals surface area (Å²) < 4.78 is 6.95. The summed E-state index contributed by atoms with van der Waals surface area (Å²) in [4.78, 5) is 13.3. The summed E-state index contributed by atoms with van der Waals surface area (Å²) in [6.45, 7) is 7.74. The second kappa shape index (κ2) is 7.23. The molecule has 0 aromatic carbocycles. The Bertz CT molecular complexity index is 425. The third-order valence-corrected chi connectivity index (χ3v) is 2.51. The third kappa shape index (κ3) is 6.51. The van der Waals surface area contributed by atoms with Gasteiger partial charge < -0.3 is 15.0 Å². The van der Waals surface area contributed by atoms with Crippen LogP contribution >= 0.6 is 0 Å². The third-order valence-electron chi connectivity index (χ3n) is 2.51. The van der Waals surface area contributed by atoms with Gasteiger partial charge in [0.2, 0.25) is 0 Å². The molecule has 114 valence electrons. The first-order chi connectivity index (χ1) is 9.28. The van der Waals surface area contributed by atoms with Gasteiger partial charge in [0.05, 0.1) is 5.69 Å². The molecule has 1 aromatic rings. The van der Waals surface area contributed by atoms with Gasteiger partial charge in [-0.15, -0.1) is 5.10 Å². The number of amides is 1.